The zero-order valence-corrected chi connectivity index (χ0v) is 13.9. The Bertz CT molecular complexity index is 560. The van der Waals surface area contributed by atoms with E-state index < -0.39 is 17.4 Å². The second-order valence-corrected chi connectivity index (χ2v) is 6.21. The molecule has 0 amide bonds. The van der Waals surface area contributed by atoms with Crippen LogP contribution in [0, 0.1) is 17.3 Å². The maximum atomic E-state index is 12.5. The Balaban J connectivity index is 2.67. The third kappa shape index (κ3) is 2.31. The fraction of sp³-hybridized carbons (Fsp3) is 0.556. The first kappa shape index (κ1) is 16.5. The topological polar surface area (TPSA) is 52.6 Å². The van der Waals surface area contributed by atoms with Gasteiger partial charge in [0.25, 0.3) is 0 Å². The molecule has 4 heteroatoms. The Labute approximate surface area is 131 Å². The number of hydrogen-bond acceptors (Lipinski definition) is 4. The van der Waals surface area contributed by atoms with Gasteiger partial charge in [-0.15, -0.1) is 0 Å². The highest BCUT2D eigenvalue weighted by Crippen LogP contribution is 2.53. The van der Waals surface area contributed by atoms with Gasteiger partial charge in [-0.1, -0.05) is 23.8 Å². The van der Waals surface area contributed by atoms with Crippen molar-refractivity contribution in [2.24, 2.45) is 17.3 Å². The normalized spacial score (nSPS) is 25.0. The van der Waals surface area contributed by atoms with Crippen molar-refractivity contribution in [2.45, 2.75) is 33.6 Å². The standard InChI is InChI=1S/C18H24O4/c1-11(2)12(3)14-10-18(16(19)21-4,17(20)22-5)15-9-7-6-8-13(14)15/h6,8,10,13,15H,7,9H2,1-5H3/t13-,15-/m1/s1. The van der Waals surface area contributed by atoms with Gasteiger partial charge in [0.05, 0.1) is 14.2 Å². The molecular formula is C18H24O4. The molecule has 4 nitrogen and oxygen atoms in total. The van der Waals surface area contributed by atoms with Gasteiger partial charge in [0.15, 0.2) is 5.41 Å². The number of esters is 2. The molecule has 0 radical (unpaired) electrons. The molecule has 0 fully saturated rings. The summed E-state index contributed by atoms with van der Waals surface area (Å²) in [4.78, 5) is 25.0. The molecule has 2 aliphatic rings. The summed E-state index contributed by atoms with van der Waals surface area (Å²) in [6, 6.07) is 0. The van der Waals surface area contributed by atoms with Crippen LogP contribution in [0.25, 0.3) is 0 Å². The van der Waals surface area contributed by atoms with Gasteiger partial charge in [0.2, 0.25) is 0 Å². The molecule has 0 heterocycles. The molecule has 0 spiro atoms. The molecule has 0 saturated heterocycles. The third-order valence-electron chi connectivity index (χ3n) is 4.98. The minimum Gasteiger partial charge on any atom is -0.468 e. The molecule has 0 aromatic rings. The molecule has 0 N–H and O–H groups in total. The minimum atomic E-state index is -1.33. The van der Waals surface area contributed by atoms with Crippen molar-refractivity contribution in [2.75, 3.05) is 14.2 Å². The highest BCUT2D eigenvalue weighted by molar-refractivity contribution is 6.04. The summed E-state index contributed by atoms with van der Waals surface area (Å²) < 4.78 is 9.95. The average molecular weight is 304 g/mol. The summed E-state index contributed by atoms with van der Waals surface area (Å²) in [5.74, 6) is -1.13. The molecule has 0 bridgehead atoms. The van der Waals surface area contributed by atoms with Crippen molar-refractivity contribution < 1.29 is 19.1 Å². The molecule has 0 aromatic carbocycles. The number of carbonyl (C=O) groups excluding carboxylic acids is 2. The Kier molecular flexibility index (Phi) is 4.59. The van der Waals surface area contributed by atoms with Crippen LogP contribution in [0.4, 0.5) is 0 Å². The van der Waals surface area contributed by atoms with Crippen LogP contribution in [0.2, 0.25) is 0 Å². The first-order chi connectivity index (χ1) is 10.4. The highest BCUT2D eigenvalue weighted by Gasteiger charge is 2.59. The molecule has 120 valence electrons. The summed E-state index contributed by atoms with van der Waals surface area (Å²) in [5, 5.41) is 0. The van der Waals surface area contributed by atoms with Crippen LogP contribution in [0.3, 0.4) is 0 Å². The van der Waals surface area contributed by atoms with Gasteiger partial charge in [-0.2, -0.15) is 0 Å². The van der Waals surface area contributed by atoms with Gasteiger partial charge in [-0.05, 0) is 50.7 Å². The maximum Gasteiger partial charge on any atom is 0.327 e. The van der Waals surface area contributed by atoms with Crippen LogP contribution >= 0.6 is 0 Å². The van der Waals surface area contributed by atoms with Crippen molar-refractivity contribution in [3.8, 4) is 0 Å². The van der Waals surface area contributed by atoms with E-state index in [1.165, 1.54) is 19.8 Å². The predicted molar refractivity (Wildman–Crippen MR) is 84.0 cm³/mol. The number of carbonyl (C=O) groups is 2. The number of allylic oxidation sites excluding steroid dienone is 5. The van der Waals surface area contributed by atoms with Gasteiger partial charge >= 0.3 is 11.9 Å². The minimum absolute atomic E-state index is 0.0573. The molecule has 2 rings (SSSR count). The van der Waals surface area contributed by atoms with Gasteiger partial charge in [0.1, 0.15) is 0 Å². The summed E-state index contributed by atoms with van der Waals surface area (Å²) in [6.45, 7) is 6.10. The van der Waals surface area contributed by atoms with Gasteiger partial charge in [-0.3, -0.25) is 9.59 Å². The van der Waals surface area contributed by atoms with Crippen molar-refractivity contribution in [1.82, 2.24) is 0 Å². The third-order valence-corrected chi connectivity index (χ3v) is 4.98. The first-order valence-corrected chi connectivity index (χ1v) is 7.60. The van der Waals surface area contributed by atoms with E-state index in [9.17, 15) is 9.59 Å². The van der Waals surface area contributed by atoms with Crippen molar-refractivity contribution in [1.29, 1.82) is 0 Å². The van der Waals surface area contributed by atoms with E-state index in [0.29, 0.717) is 0 Å². The van der Waals surface area contributed by atoms with Crippen LogP contribution in [0.5, 0.6) is 0 Å². The van der Waals surface area contributed by atoms with Crippen molar-refractivity contribution in [3.05, 3.63) is 34.9 Å². The molecule has 2 atom stereocenters. The van der Waals surface area contributed by atoms with Gasteiger partial charge in [-0.25, -0.2) is 0 Å². The molecular weight excluding hydrogens is 280 g/mol. The Morgan fingerprint density at radius 3 is 2.23 bits per heavy atom. The SMILES string of the molecule is COC(=O)C1(C(=O)OC)C=C(C(C)=C(C)C)[C@H]2C=CCC[C@H]21. The van der Waals surface area contributed by atoms with Crippen LogP contribution in [-0.4, -0.2) is 26.2 Å². The van der Waals surface area contributed by atoms with Gasteiger partial charge < -0.3 is 9.47 Å². The van der Waals surface area contributed by atoms with E-state index in [-0.39, 0.29) is 11.8 Å². The van der Waals surface area contributed by atoms with Crippen LogP contribution in [-0.2, 0) is 19.1 Å². The fourth-order valence-electron chi connectivity index (χ4n) is 3.60. The smallest absolute Gasteiger partial charge is 0.327 e. The molecule has 0 unspecified atom stereocenters. The maximum absolute atomic E-state index is 12.5. The average Bonchev–Trinajstić information content (AvgIpc) is 2.89. The van der Waals surface area contributed by atoms with E-state index in [1.807, 2.05) is 20.8 Å². The fourth-order valence-corrected chi connectivity index (χ4v) is 3.60. The second kappa shape index (κ2) is 6.11. The summed E-state index contributed by atoms with van der Waals surface area (Å²) >= 11 is 0. The summed E-state index contributed by atoms with van der Waals surface area (Å²) in [5.41, 5.74) is 2.01. The zero-order valence-electron chi connectivity index (χ0n) is 13.9. The summed E-state index contributed by atoms with van der Waals surface area (Å²) in [6.07, 6.45) is 7.64. The molecule has 0 aromatic heterocycles. The van der Waals surface area contributed by atoms with Gasteiger partial charge in [0, 0.05) is 5.92 Å². The van der Waals surface area contributed by atoms with Crippen molar-refractivity contribution in [3.63, 3.8) is 0 Å². The van der Waals surface area contributed by atoms with Crippen molar-refractivity contribution >= 4 is 11.9 Å². The number of rotatable bonds is 3. The lowest BCUT2D eigenvalue weighted by Crippen LogP contribution is -2.45. The van der Waals surface area contributed by atoms with Crippen LogP contribution < -0.4 is 0 Å². The molecule has 0 aliphatic heterocycles. The Morgan fingerprint density at radius 2 is 1.73 bits per heavy atom. The quantitative estimate of drug-likeness (QED) is 0.456. The Hall–Kier alpha value is -1.84. The molecule has 22 heavy (non-hydrogen) atoms. The Morgan fingerprint density at radius 1 is 1.14 bits per heavy atom. The lowest BCUT2D eigenvalue weighted by Gasteiger charge is -2.33. The second-order valence-electron chi connectivity index (χ2n) is 6.21. The molecule has 0 saturated carbocycles. The number of fused-ring (bicyclic) bond motifs is 1. The van der Waals surface area contributed by atoms with E-state index in [4.69, 9.17) is 9.47 Å². The number of hydrogen-bond donors (Lipinski definition) is 0. The van der Waals surface area contributed by atoms with E-state index in [2.05, 4.69) is 12.2 Å². The summed E-state index contributed by atoms with van der Waals surface area (Å²) in [7, 11) is 2.64. The highest BCUT2D eigenvalue weighted by atomic mass is 16.5. The lowest BCUT2D eigenvalue weighted by atomic mass is 9.69. The van der Waals surface area contributed by atoms with Crippen LogP contribution in [0.15, 0.2) is 34.9 Å². The predicted octanol–water partition coefficient (Wildman–Crippen LogP) is 3.20. The lowest BCUT2D eigenvalue weighted by molar-refractivity contribution is -0.169. The largest absolute Gasteiger partial charge is 0.468 e. The van der Waals surface area contributed by atoms with E-state index in [1.54, 1.807) is 6.08 Å². The van der Waals surface area contributed by atoms with E-state index in [0.717, 1.165) is 24.0 Å². The molecule has 2 aliphatic carbocycles. The number of methoxy groups -OCH3 is 2. The monoisotopic (exact) mass is 304 g/mol. The van der Waals surface area contributed by atoms with E-state index >= 15 is 0 Å². The van der Waals surface area contributed by atoms with Crippen LogP contribution in [0.1, 0.15) is 33.6 Å². The number of ether oxygens (including phenoxy) is 2. The zero-order chi connectivity index (χ0) is 16.5. The first-order valence-electron chi connectivity index (χ1n) is 7.60.